The number of rotatable bonds is 3. The Balaban J connectivity index is 2.21. The van der Waals surface area contributed by atoms with Gasteiger partial charge in [0.15, 0.2) is 17.5 Å². The minimum absolute atomic E-state index is 0.178. The molecule has 1 unspecified atom stereocenters. The molecule has 0 bridgehead atoms. The first-order valence-electron chi connectivity index (χ1n) is 5.22. The number of nitrogens with two attached hydrogens (primary N) is 1. The Kier molecular flexibility index (Phi) is 3.33. The molecule has 7 heteroatoms. The van der Waals surface area contributed by atoms with E-state index >= 15 is 0 Å². The SMILES string of the molecule is Cn1cc(CC(N)c2cc(F)c(F)c(F)c2)nn1. The molecule has 0 saturated carbocycles. The van der Waals surface area contributed by atoms with Gasteiger partial charge in [-0.15, -0.1) is 5.10 Å². The molecule has 0 radical (unpaired) electrons. The highest BCUT2D eigenvalue weighted by atomic mass is 19.2. The molecule has 2 N–H and O–H groups in total. The quantitative estimate of drug-likeness (QED) is 0.846. The van der Waals surface area contributed by atoms with Crippen LogP contribution in [0.15, 0.2) is 18.3 Å². The monoisotopic (exact) mass is 256 g/mol. The van der Waals surface area contributed by atoms with Gasteiger partial charge in [-0.25, -0.2) is 13.2 Å². The number of hydrogen-bond acceptors (Lipinski definition) is 3. The molecule has 0 aliphatic heterocycles. The van der Waals surface area contributed by atoms with Crippen molar-refractivity contribution >= 4 is 0 Å². The van der Waals surface area contributed by atoms with E-state index < -0.39 is 23.5 Å². The lowest BCUT2D eigenvalue weighted by Crippen LogP contribution is -2.14. The predicted octanol–water partition coefficient (Wildman–Crippen LogP) is 1.47. The fourth-order valence-electron chi connectivity index (χ4n) is 1.62. The minimum Gasteiger partial charge on any atom is -0.324 e. The number of nitrogens with zero attached hydrogens (tertiary/aromatic N) is 3. The first-order valence-corrected chi connectivity index (χ1v) is 5.22. The zero-order chi connectivity index (χ0) is 13.3. The third-order valence-electron chi connectivity index (χ3n) is 2.51. The first-order chi connectivity index (χ1) is 8.47. The third kappa shape index (κ3) is 2.51. The van der Waals surface area contributed by atoms with Crippen molar-refractivity contribution in [3.63, 3.8) is 0 Å². The Morgan fingerprint density at radius 2 is 1.89 bits per heavy atom. The second-order valence-corrected chi connectivity index (χ2v) is 3.99. The van der Waals surface area contributed by atoms with Gasteiger partial charge in [0.05, 0.1) is 5.69 Å². The fourth-order valence-corrected chi connectivity index (χ4v) is 1.62. The van der Waals surface area contributed by atoms with E-state index in [0.717, 1.165) is 12.1 Å². The van der Waals surface area contributed by atoms with Crippen LogP contribution in [0.2, 0.25) is 0 Å². The smallest absolute Gasteiger partial charge is 0.194 e. The van der Waals surface area contributed by atoms with Crippen LogP contribution in [0.5, 0.6) is 0 Å². The standard InChI is InChI=1S/C11H11F3N4/c1-18-5-7(16-17-18)4-10(15)6-2-8(12)11(14)9(13)3-6/h2-3,5,10H,4,15H2,1H3. The molecule has 2 rings (SSSR count). The van der Waals surface area contributed by atoms with Gasteiger partial charge in [-0.05, 0) is 17.7 Å². The van der Waals surface area contributed by atoms with Crippen LogP contribution in [0.1, 0.15) is 17.3 Å². The van der Waals surface area contributed by atoms with E-state index in [0.29, 0.717) is 5.69 Å². The summed E-state index contributed by atoms with van der Waals surface area (Å²) in [5, 5.41) is 7.53. The topological polar surface area (TPSA) is 56.7 Å². The van der Waals surface area contributed by atoms with E-state index in [1.54, 1.807) is 13.2 Å². The van der Waals surface area contributed by atoms with Crippen molar-refractivity contribution in [3.05, 3.63) is 47.0 Å². The number of halogens is 3. The number of aryl methyl sites for hydroxylation is 1. The second-order valence-electron chi connectivity index (χ2n) is 3.99. The number of benzene rings is 1. The van der Waals surface area contributed by atoms with Crippen molar-refractivity contribution in [1.82, 2.24) is 15.0 Å². The molecule has 18 heavy (non-hydrogen) atoms. The Morgan fingerprint density at radius 1 is 1.28 bits per heavy atom. The minimum atomic E-state index is -1.49. The molecule has 0 spiro atoms. The molecule has 1 aromatic heterocycles. The maximum Gasteiger partial charge on any atom is 0.194 e. The van der Waals surface area contributed by atoms with Gasteiger partial charge in [-0.2, -0.15) is 0 Å². The van der Waals surface area contributed by atoms with Gasteiger partial charge in [0, 0.05) is 25.7 Å². The lowest BCUT2D eigenvalue weighted by molar-refractivity contribution is 0.443. The fraction of sp³-hybridized carbons (Fsp3) is 0.273. The van der Waals surface area contributed by atoms with Gasteiger partial charge in [0.2, 0.25) is 0 Å². The molecule has 0 amide bonds. The maximum absolute atomic E-state index is 13.0. The van der Waals surface area contributed by atoms with E-state index in [9.17, 15) is 13.2 Å². The third-order valence-corrected chi connectivity index (χ3v) is 2.51. The molecular formula is C11H11F3N4. The molecule has 4 nitrogen and oxygen atoms in total. The zero-order valence-corrected chi connectivity index (χ0v) is 9.57. The van der Waals surface area contributed by atoms with E-state index in [4.69, 9.17) is 5.73 Å². The van der Waals surface area contributed by atoms with Gasteiger partial charge >= 0.3 is 0 Å². The summed E-state index contributed by atoms with van der Waals surface area (Å²) in [5.41, 5.74) is 6.56. The Morgan fingerprint density at radius 3 is 2.39 bits per heavy atom. The van der Waals surface area contributed by atoms with Crippen LogP contribution < -0.4 is 5.73 Å². The summed E-state index contributed by atoms with van der Waals surface area (Å²) < 4.78 is 40.4. The summed E-state index contributed by atoms with van der Waals surface area (Å²) in [6, 6.07) is 1.10. The van der Waals surface area contributed by atoms with Gasteiger partial charge in [-0.1, -0.05) is 5.21 Å². The highest BCUT2D eigenvalue weighted by Crippen LogP contribution is 2.20. The van der Waals surface area contributed by atoms with Gasteiger partial charge in [-0.3, -0.25) is 4.68 Å². The molecule has 1 atom stereocenters. The van der Waals surface area contributed by atoms with Crippen molar-refractivity contribution in [1.29, 1.82) is 0 Å². The summed E-state index contributed by atoms with van der Waals surface area (Å²) >= 11 is 0. The Hall–Kier alpha value is -1.89. The summed E-state index contributed by atoms with van der Waals surface area (Å²) in [5.74, 6) is -4.00. The van der Waals surface area contributed by atoms with E-state index in [-0.39, 0.29) is 12.0 Å². The normalized spacial score (nSPS) is 12.7. The van der Waals surface area contributed by atoms with Crippen molar-refractivity contribution in [2.75, 3.05) is 0 Å². The van der Waals surface area contributed by atoms with E-state index in [1.165, 1.54) is 4.68 Å². The van der Waals surface area contributed by atoms with Crippen molar-refractivity contribution in [2.45, 2.75) is 12.5 Å². The van der Waals surface area contributed by atoms with Crippen molar-refractivity contribution in [2.24, 2.45) is 12.8 Å². The molecule has 1 heterocycles. The highest BCUT2D eigenvalue weighted by molar-refractivity contribution is 5.23. The highest BCUT2D eigenvalue weighted by Gasteiger charge is 2.16. The first kappa shape index (κ1) is 12.6. The Labute approximate surface area is 101 Å². The molecule has 0 fully saturated rings. The van der Waals surface area contributed by atoms with Gasteiger partial charge in [0.25, 0.3) is 0 Å². The predicted molar refractivity (Wildman–Crippen MR) is 58.0 cm³/mol. The van der Waals surface area contributed by atoms with E-state index in [2.05, 4.69) is 10.3 Å². The summed E-state index contributed by atoms with van der Waals surface area (Å²) in [6.07, 6.45) is 1.91. The largest absolute Gasteiger partial charge is 0.324 e. The Bertz CT molecular complexity index is 544. The van der Waals surface area contributed by atoms with Crippen molar-refractivity contribution in [3.8, 4) is 0 Å². The maximum atomic E-state index is 13.0. The van der Waals surface area contributed by atoms with Crippen molar-refractivity contribution < 1.29 is 13.2 Å². The van der Waals surface area contributed by atoms with E-state index in [1.807, 2.05) is 0 Å². The summed E-state index contributed by atoms with van der Waals surface area (Å²) in [6.45, 7) is 0. The van der Waals surface area contributed by atoms with Crippen LogP contribution in [-0.2, 0) is 13.5 Å². The van der Waals surface area contributed by atoms with Crippen LogP contribution in [-0.4, -0.2) is 15.0 Å². The van der Waals surface area contributed by atoms with Crippen LogP contribution in [0.25, 0.3) is 0 Å². The molecule has 96 valence electrons. The summed E-state index contributed by atoms with van der Waals surface area (Å²) in [4.78, 5) is 0. The lowest BCUT2D eigenvalue weighted by atomic mass is 10.0. The van der Waals surface area contributed by atoms with Crippen LogP contribution >= 0.6 is 0 Å². The molecular weight excluding hydrogens is 245 g/mol. The molecule has 2 aromatic rings. The summed E-state index contributed by atoms with van der Waals surface area (Å²) in [7, 11) is 1.69. The lowest BCUT2D eigenvalue weighted by Gasteiger charge is -2.10. The van der Waals surface area contributed by atoms with Gasteiger partial charge < -0.3 is 5.73 Å². The molecule has 0 aliphatic rings. The number of aromatic nitrogens is 3. The second kappa shape index (κ2) is 4.77. The molecule has 0 aliphatic carbocycles. The zero-order valence-electron chi connectivity index (χ0n) is 9.57. The van der Waals surface area contributed by atoms with Crippen LogP contribution in [0, 0.1) is 17.5 Å². The number of hydrogen-bond donors (Lipinski definition) is 1. The molecule has 0 saturated heterocycles. The molecule has 1 aromatic carbocycles. The average molecular weight is 256 g/mol. The average Bonchev–Trinajstić information content (AvgIpc) is 2.71. The van der Waals surface area contributed by atoms with Crippen LogP contribution in [0.4, 0.5) is 13.2 Å². The van der Waals surface area contributed by atoms with Crippen LogP contribution in [0.3, 0.4) is 0 Å². The van der Waals surface area contributed by atoms with Gasteiger partial charge in [0.1, 0.15) is 0 Å².